The van der Waals surface area contributed by atoms with E-state index in [-0.39, 0.29) is 28.8 Å². The minimum absolute atomic E-state index is 0.0132. The Bertz CT molecular complexity index is 1370. The van der Waals surface area contributed by atoms with Gasteiger partial charge in [-0.1, -0.05) is 55.5 Å². The highest BCUT2D eigenvalue weighted by Gasteiger charge is 2.34. The summed E-state index contributed by atoms with van der Waals surface area (Å²) in [5.74, 6) is -0.160. The van der Waals surface area contributed by atoms with Crippen LogP contribution in [0.2, 0.25) is 0 Å². The van der Waals surface area contributed by atoms with Crippen molar-refractivity contribution < 1.29 is 27.5 Å². The van der Waals surface area contributed by atoms with Gasteiger partial charge < -0.3 is 19.7 Å². The van der Waals surface area contributed by atoms with Gasteiger partial charge >= 0.3 is 0 Å². The Balaban J connectivity index is 2.08. The maximum Gasteiger partial charge on any atom is 0.264 e. The monoisotopic (exact) mass is 567 g/mol. The molecule has 214 valence electrons. The van der Waals surface area contributed by atoms with Crippen molar-refractivity contribution in [1.29, 1.82) is 0 Å². The Hall–Kier alpha value is -4.05. The molecule has 0 spiro atoms. The number of rotatable bonds is 14. The van der Waals surface area contributed by atoms with E-state index < -0.39 is 28.5 Å². The number of nitrogens with one attached hydrogen (secondary N) is 1. The summed E-state index contributed by atoms with van der Waals surface area (Å²) in [6.07, 6.45) is 0.858. The fourth-order valence-corrected chi connectivity index (χ4v) is 5.85. The maximum absolute atomic E-state index is 14.1. The number of hydrogen-bond acceptors (Lipinski definition) is 6. The lowest BCUT2D eigenvalue weighted by molar-refractivity contribution is -0.139. The lowest BCUT2D eigenvalue weighted by Crippen LogP contribution is -2.53. The van der Waals surface area contributed by atoms with Crippen molar-refractivity contribution in [1.82, 2.24) is 10.2 Å². The Morgan fingerprint density at radius 1 is 0.900 bits per heavy atom. The van der Waals surface area contributed by atoms with E-state index in [0.717, 1.165) is 9.87 Å². The molecule has 0 aliphatic carbocycles. The van der Waals surface area contributed by atoms with Crippen LogP contribution >= 0.6 is 0 Å². The molecule has 0 aliphatic heterocycles. The van der Waals surface area contributed by atoms with Gasteiger partial charge in [-0.25, -0.2) is 8.42 Å². The van der Waals surface area contributed by atoms with Crippen LogP contribution in [0.15, 0.2) is 83.8 Å². The Morgan fingerprint density at radius 2 is 1.55 bits per heavy atom. The van der Waals surface area contributed by atoms with Gasteiger partial charge in [-0.15, -0.1) is 0 Å². The van der Waals surface area contributed by atoms with Gasteiger partial charge in [0.2, 0.25) is 11.8 Å². The minimum Gasteiger partial charge on any atom is -0.497 e. The first-order valence-corrected chi connectivity index (χ1v) is 14.6. The molecular weight excluding hydrogens is 530 g/mol. The van der Waals surface area contributed by atoms with Crippen LogP contribution in [-0.2, 0) is 26.0 Å². The molecule has 1 atom stereocenters. The first-order chi connectivity index (χ1) is 19.3. The lowest BCUT2D eigenvalue weighted by atomic mass is 10.1. The van der Waals surface area contributed by atoms with Crippen LogP contribution in [-0.4, -0.2) is 65.0 Å². The quantitative estimate of drug-likeness (QED) is 0.317. The molecule has 0 radical (unpaired) electrons. The standard InChI is InChI=1S/C30H37N3O6S/c1-5-26(30(35)31-6-2)32(20-19-23-13-9-7-10-14-23)29(34)22-33(40(36,37)25-15-11-8-12-16-25)27-21-24(38-3)17-18-28(27)39-4/h7-18,21,26H,5-6,19-20,22H2,1-4H3,(H,31,35). The van der Waals surface area contributed by atoms with Gasteiger partial charge in [0.15, 0.2) is 0 Å². The number of benzene rings is 3. The molecule has 10 heteroatoms. The van der Waals surface area contributed by atoms with Gasteiger partial charge in [0.1, 0.15) is 24.1 Å². The molecule has 1 N–H and O–H groups in total. The van der Waals surface area contributed by atoms with Crippen LogP contribution in [0.5, 0.6) is 11.5 Å². The molecular formula is C30H37N3O6S. The maximum atomic E-state index is 14.1. The van der Waals surface area contributed by atoms with Crippen molar-refractivity contribution in [2.45, 2.75) is 37.6 Å². The number of anilines is 1. The van der Waals surface area contributed by atoms with Gasteiger partial charge in [0, 0.05) is 19.2 Å². The van der Waals surface area contributed by atoms with E-state index in [2.05, 4.69) is 5.32 Å². The second-order valence-electron chi connectivity index (χ2n) is 9.00. The third-order valence-corrected chi connectivity index (χ3v) is 8.26. The van der Waals surface area contributed by atoms with Gasteiger partial charge in [0.25, 0.3) is 10.0 Å². The van der Waals surface area contributed by atoms with Crippen LogP contribution < -0.4 is 19.1 Å². The summed E-state index contributed by atoms with van der Waals surface area (Å²) in [5.41, 5.74) is 1.14. The third-order valence-electron chi connectivity index (χ3n) is 6.49. The number of ether oxygens (including phenoxy) is 2. The second kappa shape index (κ2) is 14.4. The van der Waals surface area contributed by atoms with Crippen molar-refractivity contribution >= 4 is 27.5 Å². The fraction of sp³-hybridized carbons (Fsp3) is 0.333. The highest BCUT2D eigenvalue weighted by atomic mass is 32.2. The van der Waals surface area contributed by atoms with E-state index in [1.165, 1.54) is 37.3 Å². The lowest BCUT2D eigenvalue weighted by Gasteiger charge is -2.33. The molecule has 0 bridgehead atoms. The van der Waals surface area contributed by atoms with Crippen molar-refractivity contribution in [3.8, 4) is 11.5 Å². The summed E-state index contributed by atoms with van der Waals surface area (Å²) in [7, 11) is -1.33. The molecule has 1 unspecified atom stereocenters. The molecule has 3 rings (SSSR count). The average molecular weight is 568 g/mol. The van der Waals surface area contributed by atoms with E-state index in [1.807, 2.05) is 44.2 Å². The van der Waals surface area contributed by atoms with Crippen LogP contribution in [0, 0.1) is 0 Å². The molecule has 0 heterocycles. The van der Waals surface area contributed by atoms with E-state index in [4.69, 9.17) is 9.47 Å². The molecule has 0 aromatic heterocycles. The smallest absolute Gasteiger partial charge is 0.264 e. The SMILES string of the molecule is CCNC(=O)C(CC)N(CCc1ccccc1)C(=O)CN(c1cc(OC)ccc1OC)S(=O)(=O)c1ccccc1. The first-order valence-electron chi connectivity index (χ1n) is 13.2. The fourth-order valence-electron chi connectivity index (χ4n) is 4.41. The number of hydrogen-bond donors (Lipinski definition) is 1. The summed E-state index contributed by atoms with van der Waals surface area (Å²) in [5, 5.41) is 2.80. The molecule has 0 saturated heterocycles. The number of carbonyl (C=O) groups is 2. The van der Waals surface area contributed by atoms with Crippen molar-refractivity contribution in [3.63, 3.8) is 0 Å². The van der Waals surface area contributed by atoms with Gasteiger partial charge in [-0.05, 0) is 49.6 Å². The van der Waals surface area contributed by atoms with Crippen LogP contribution in [0.4, 0.5) is 5.69 Å². The normalized spacial score (nSPS) is 11.8. The molecule has 3 aromatic rings. The number of nitrogens with zero attached hydrogens (tertiary/aromatic N) is 2. The zero-order chi connectivity index (χ0) is 29.1. The molecule has 9 nitrogen and oxygen atoms in total. The first kappa shape index (κ1) is 30.5. The van der Waals surface area contributed by atoms with Gasteiger partial charge in [0.05, 0.1) is 24.8 Å². The molecule has 3 aromatic carbocycles. The number of likely N-dealkylation sites (N-methyl/N-ethyl adjacent to an activating group) is 1. The van der Waals surface area contributed by atoms with E-state index in [1.54, 1.807) is 30.3 Å². The summed E-state index contributed by atoms with van der Waals surface area (Å²) < 4.78 is 39.9. The Kier molecular flexibility index (Phi) is 11.0. The van der Waals surface area contributed by atoms with E-state index in [0.29, 0.717) is 25.1 Å². The summed E-state index contributed by atoms with van der Waals surface area (Å²) >= 11 is 0. The van der Waals surface area contributed by atoms with Crippen molar-refractivity contribution in [2.24, 2.45) is 0 Å². The van der Waals surface area contributed by atoms with Crippen LogP contribution in [0.25, 0.3) is 0 Å². The predicted octanol–water partition coefficient (Wildman–Crippen LogP) is 3.89. The summed E-state index contributed by atoms with van der Waals surface area (Å²) in [6.45, 7) is 3.72. The van der Waals surface area contributed by atoms with Gasteiger partial charge in [-0.3, -0.25) is 13.9 Å². The number of methoxy groups -OCH3 is 2. The zero-order valence-electron chi connectivity index (χ0n) is 23.4. The van der Waals surface area contributed by atoms with E-state index >= 15 is 0 Å². The number of sulfonamides is 1. The summed E-state index contributed by atoms with van der Waals surface area (Å²) in [6, 6.07) is 21.5. The Morgan fingerprint density at radius 3 is 2.12 bits per heavy atom. The highest BCUT2D eigenvalue weighted by molar-refractivity contribution is 7.92. The van der Waals surface area contributed by atoms with Crippen molar-refractivity contribution in [2.75, 3.05) is 38.2 Å². The van der Waals surface area contributed by atoms with Gasteiger partial charge in [-0.2, -0.15) is 0 Å². The average Bonchev–Trinajstić information content (AvgIpc) is 2.98. The topological polar surface area (TPSA) is 105 Å². The third kappa shape index (κ3) is 7.32. The van der Waals surface area contributed by atoms with E-state index in [9.17, 15) is 18.0 Å². The summed E-state index contributed by atoms with van der Waals surface area (Å²) in [4.78, 5) is 28.6. The molecule has 2 amide bonds. The zero-order valence-corrected chi connectivity index (χ0v) is 24.2. The largest absolute Gasteiger partial charge is 0.497 e. The molecule has 0 saturated carbocycles. The highest BCUT2D eigenvalue weighted by Crippen LogP contribution is 2.35. The van der Waals surface area contributed by atoms with Crippen molar-refractivity contribution in [3.05, 3.63) is 84.4 Å². The minimum atomic E-state index is -4.22. The van der Waals surface area contributed by atoms with Crippen LogP contribution in [0.3, 0.4) is 0 Å². The predicted molar refractivity (Wildman–Crippen MR) is 155 cm³/mol. The number of amides is 2. The molecule has 40 heavy (non-hydrogen) atoms. The molecule has 0 aliphatic rings. The number of carbonyl (C=O) groups excluding carboxylic acids is 2. The van der Waals surface area contributed by atoms with Crippen LogP contribution in [0.1, 0.15) is 25.8 Å². The molecule has 0 fully saturated rings. The Labute approximate surface area is 236 Å². The second-order valence-corrected chi connectivity index (χ2v) is 10.9.